The summed E-state index contributed by atoms with van der Waals surface area (Å²) in [6, 6.07) is 3.93. The number of ether oxygens (including phenoxy) is 5. The van der Waals surface area contributed by atoms with Crippen molar-refractivity contribution in [1.82, 2.24) is 4.90 Å². The summed E-state index contributed by atoms with van der Waals surface area (Å²) in [4.78, 5) is 14.9. The van der Waals surface area contributed by atoms with Crippen LogP contribution in [-0.4, -0.2) is 67.5 Å². The third-order valence-electron chi connectivity index (χ3n) is 7.81. The number of likely N-dealkylation sites (tertiary alicyclic amines) is 1. The zero-order chi connectivity index (χ0) is 19.5. The van der Waals surface area contributed by atoms with E-state index < -0.39 is 28.9 Å². The molecule has 1 aromatic rings. The normalized spacial score (nSPS) is 44.6. The van der Waals surface area contributed by atoms with Crippen LogP contribution in [0.15, 0.2) is 12.1 Å². The number of hydrogen-bond acceptors (Lipinski definition) is 7. The fraction of sp³-hybridized carbons (Fsp3) is 0.650. The lowest BCUT2D eigenvalue weighted by Gasteiger charge is -2.60. The quantitative estimate of drug-likeness (QED) is 0.803. The van der Waals surface area contributed by atoms with E-state index in [1.165, 1.54) is 0 Å². The molecule has 2 aliphatic carbocycles. The van der Waals surface area contributed by atoms with Crippen molar-refractivity contribution in [3.8, 4) is 11.5 Å². The number of rotatable bonds is 2. The molecule has 8 heteroatoms. The maximum absolute atomic E-state index is 13.1. The number of likely N-dealkylation sites (N-methyl/N-ethyl adjacent to an activating group) is 1. The van der Waals surface area contributed by atoms with Gasteiger partial charge in [-0.2, -0.15) is 0 Å². The van der Waals surface area contributed by atoms with Crippen molar-refractivity contribution in [3.63, 3.8) is 0 Å². The lowest BCUT2D eigenvalue weighted by Crippen LogP contribution is -2.77. The lowest BCUT2D eigenvalue weighted by atomic mass is 9.50. The van der Waals surface area contributed by atoms with E-state index in [9.17, 15) is 9.90 Å². The van der Waals surface area contributed by atoms with Crippen molar-refractivity contribution in [1.29, 1.82) is 0 Å². The topological polar surface area (TPSA) is 86.7 Å². The van der Waals surface area contributed by atoms with Crippen LogP contribution in [-0.2, 0) is 24.4 Å². The molecular formula is C20H23NO7. The summed E-state index contributed by atoms with van der Waals surface area (Å²) in [5.41, 5.74) is 0.535. The Morgan fingerprint density at radius 3 is 2.68 bits per heavy atom. The second-order valence-electron chi connectivity index (χ2n) is 8.47. The predicted octanol–water partition coefficient (Wildman–Crippen LogP) is 0.851. The molecule has 2 bridgehead atoms. The molecule has 5 aliphatic rings. The number of hydrogen-bond donors (Lipinski definition) is 1. The smallest absolute Gasteiger partial charge is 0.231 e. The molecule has 1 spiro atoms. The second kappa shape index (κ2) is 4.99. The van der Waals surface area contributed by atoms with Crippen LogP contribution in [0.4, 0.5) is 0 Å². The fourth-order valence-corrected chi connectivity index (χ4v) is 6.86. The van der Waals surface area contributed by atoms with Crippen molar-refractivity contribution in [3.05, 3.63) is 23.3 Å². The summed E-state index contributed by atoms with van der Waals surface area (Å²) in [5, 5.41) is 11.1. The standard InChI is InChI=1S/C20H23NO7/c1-21-16(23)8-18-6-12(22)17(24-2)20(25-3)19(18,21)7-15(28-20)10-4-13-14(5-11(10)18)27-9-26-13/h4-5,12,15,17,22H,6-9H2,1-3H3/t12-,15-,17-,18?,19?,20?/m0/s1. The van der Waals surface area contributed by atoms with Gasteiger partial charge >= 0.3 is 0 Å². The van der Waals surface area contributed by atoms with Crippen molar-refractivity contribution in [2.24, 2.45) is 0 Å². The van der Waals surface area contributed by atoms with Gasteiger partial charge in [-0.05, 0) is 29.7 Å². The van der Waals surface area contributed by atoms with Crippen molar-refractivity contribution < 1.29 is 33.6 Å². The van der Waals surface area contributed by atoms with Crippen LogP contribution in [0.5, 0.6) is 11.5 Å². The highest BCUT2D eigenvalue weighted by Gasteiger charge is 2.84. The Labute approximate surface area is 162 Å². The molecule has 3 fully saturated rings. The van der Waals surface area contributed by atoms with E-state index in [0.717, 1.165) is 11.1 Å². The summed E-state index contributed by atoms with van der Waals surface area (Å²) in [7, 11) is 4.92. The number of amides is 1. The Bertz CT molecular complexity index is 905. The summed E-state index contributed by atoms with van der Waals surface area (Å²) in [6.45, 7) is 0.178. The van der Waals surface area contributed by atoms with Crippen LogP contribution in [0, 0.1) is 0 Å². The molecule has 2 saturated heterocycles. The van der Waals surface area contributed by atoms with Gasteiger partial charge in [-0.3, -0.25) is 4.79 Å². The van der Waals surface area contributed by atoms with Crippen molar-refractivity contribution in [2.45, 2.75) is 54.3 Å². The van der Waals surface area contributed by atoms with Crippen molar-refractivity contribution in [2.75, 3.05) is 28.1 Å². The minimum Gasteiger partial charge on any atom is -0.454 e. The Balaban J connectivity index is 1.70. The highest BCUT2D eigenvalue weighted by atomic mass is 16.7. The molecule has 6 atom stereocenters. The second-order valence-corrected chi connectivity index (χ2v) is 8.47. The zero-order valence-electron chi connectivity index (χ0n) is 16.1. The molecule has 28 heavy (non-hydrogen) atoms. The molecular weight excluding hydrogens is 366 g/mol. The Morgan fingerprint density at radius 2 is 1.96 bits per heavy atom. The van der Waals surface area contributed by atoms with E-state index in [1.807, 2.05) is 19.2 Å². The van der Waals surface area contributed by atoms with E-state index >= 15 is 0 Å². The number of benzene rings is 1. The van der Waals surface area contributed by atoms with Gasteiger partial charge in [0.1, 0.15) is 11.6 Å². The zero-order valence-corrected chi connectivity index (χ0v) is 16.1. The Kier molecular flexibility index (Phi) is 3.04. The van der Waals surface area contributed by atoms with E-state index in [-0.39, 0.29) is 25.2 Å². The van der Waals surface area contributed by atoms with E-state index in [4.69, 9.17) is 23.7 Å². The molecule has 1 aromatic carbocycles. The largest absolute Gasteiger partial charge is 0.454 e. The van der Waals surface area contributed by atoms with Gasteiger partial charge in [-0.15, -0.1) is 0 Å². The van der Waals surface area contributed by atoms with Gasteiger partial charge in [-0.1, -0.05) is 0 Å². The van der Waals surface area contributed by atoms with Gasteiger partial charge in [0.2, 0.25) is 18.5 Å². The number of nitrogens with zero attached hydrogens (tertiary/aromatic N) is 1. The molecule has 6 rings (SSSR count). The van der Waals surface area contributed by atoms with Crippen LogP contribution < -0.4 is 9.47 Å². The third-order valence-corrected chi connectivity index (χ3v) is 7.81. The van der Waals surface area contributed by atoms with E-state index in [1.54, 1.807) is 19.1 Å². The summed E-state index contributed by atoms with van der Waals surface area (Å²) in [5.74, 6) is 0.0923. The van der Waals surface area contributed by atoms with E-state index in [2.05, 4.69) is 0 Å². The number of aliphatic hydroxyl groups is 1. The summed E-state index contributed by atoms with van der Waals surface area (Å²) in [6.07, 6.45) is -0.596. The number of carbonyl (C=O) groups excluding carboxylic acids is 1. The fourth-order valence-electron chi connectivity index (χ4n) is 6.86. The first kappa shape index (κ1) is 17.0. The van der Waals surface area contributed by atoms with Crippen molar-refractivity contribution >= 4 is 5.91 Å². The number of carbonyl (C=O) groups is 1. The first-order chi connectivity index (χ1) is 13.4. The number of aliphatic hydroxyl groups excluding tert-OH is 1. The number of methoxy groups -OCH3 is 2. The summed E-state index contributed by atoms with van der Waals surface area (Å²) >= 11 is 0. The van der Waals surface area contributed by atoms with Gasteiger partial charge in [0.25, 0.3) is 0 Å². The average molecular weight is 389 g/mol. The van der Waals surface area contributed by atoms with Crippen LogP contribution in [0.3, 0.4) is 0 Å². The third kappa shape index (κ3) is 1.49. The SMILES string of the molecule is CO[C@H]1[C@@H](O)CC23CC(=O)N(C)C24C[C@H](OC14OC)c1cc2c(cc13)OCO2. The highest BCUT2D eigenvalue weighted by Crippen LogP contribution is 2.72. The molecule has 3 heterocycles. The van der Waals surface area contributed by atoms with E-state index in [0.29, 0.717) is 24.3 Å². The first-order valence-electron chi connectivity index (χ1n) is 9.58. The van der Waals surface area contributed by atoms with Gasteiger partial charge in [0.15, 0.2) is 11.5 Å². The Hall–Kier alpha value is -1.87. The van der Waals surface area contributed by atoms with Gasteiger partial charge < -0.3 is 33.7 Å². The minimum absolute atomic E-state index is 0.0140. The van der Waals surface area contributed by atoms with Crippen LogP contribution in [0.2, 0.25) is 0 Å². The number of fused-ring (bicyclic) bond motifs is 4. The first-order valence-corrected chi connectivity index (χ1v) is 9.58. The molecule has 1 amide bonds. The highest BCUT2D eigenvalue weighted by molar-refractivity contribution is 5.85. The maximum Gasteiger partial charge on any atom is 0.231 e. The van der Waals surface area contributed by atoms with Crippen LogP contribution in [0.25, 0.3) is 0 Å². The maximum atomic E-state index is 13.1. The van der Waals surface area contributed by atoms with Crippen LogP contribution in [0.1, 0.15) is 36.5 Å². The monoisotopic (exact) mass is 389 g/mol. The summed E-state index contributed by atoms with van der Waals surface area (Å²) < 4.78 is 29.5. The molecule has 150 valence electrons. The molecule has 0 aromatic heterocycles. The molecule has 0 radical (unpaired) electrons. The average Bonchev–Trinajstić information content (AvgIpc) is 3.33. The predicted molar refractivity (Wildman–Crippen MR) is 94.0 cm³/mol. The molecule has 1 N–H and O–H groups in total. The minimum atomic E-state index is -1.27. The van der Waals surface area contributed by atoms with Gasteiger partial charge in [0.05, 0.1) is 12.2 Å². The van der Waals surface area contributed by atoms with Gasteiger partial charge in [0, 0.05) is 39.5 Å². The molecule has 3 aliphatic heterocycles. The lowest BCUT2D eigenvalue weighted by molar-refractivity contribution is -0.338. The molecule has 3 unspecified atom stereocenters. The molecule has 8 nitrogen and oxygen atoms in total. The van der Waals surface area contributed by atoms with Gasteiger partial charge in [-0.25, -0.2) is 0 Å². The van der Waals surface area contributed by atoms with Crippen LogP contribution >= 0.6 is 0 Å². The Morgan fingerprint density at radius 1 is 1.21 bits per heavy atom. The molecule has 1 saturated carbocycles.